The number of methoxy groups -OCH3 is 2. The molecule has 5 nitrogen and oxygen atoms in total. The van der Waals surface area contributed by atoms with Crippen LogP contribution in [0, 0.1) is 5.92 Å². The minimum absolute atomic E-state index is 0.0568. The molecule has 2 N–H and O–H groups in total. The fourth-order valence-corrected chi connectivity index (χ4v) is 2.60. The molecule has 0 saturated heterocycles. The standard InChI is InChI=1S/C20H26N2O3/c1-5-14(6-2)20(23)22-16-9-7-15(8-10-16)21-18-12-11-17(24-3)13-19(18)25-4/h7-14,21H,5-6H2,1-4H3,(H,22,23). The van der Waals surface area contributed by atoms with Crippen molar-refractivity contribution in [3.8, 4) is 11.5 Å². The summed E-state index contributed by atoms with van der Waals surface area (Å²) in [6.45, 7) is 4.06. The molecule has 0 atom stereocenters. The number of rotatable bonds is 8. The van der Waals surface area contributed by atoms with Crippen molar-refractivity contribution in [2.24, 2.45) is 5.92 Å². The third kappa shape index (κ3) is 4.89. The molecule has 2 aromatic carbocycles. The number of carbonyl (C=O) groups is 1. The highest BCUT2D eigenvalue weighted by atomic mass is 16.5. The van der Waals surface area contributed by atoms with E-state index in [4.69, 9.17) is 9.47 Å². The van der Waals surface area contributed by atoms with Gasteiger partial charge >= 0.3 is 0 Å². The van der Waals surface area contributed by atoms with E-state index in [0.717, 1.165) is 35.7 Å². The highest BCUT2D eigenvalue weighted by molar-refractivity contribution is 5.92. The summed E-state index contributed by atoms with van der Waals surface area (Å²) < 4.78 is 10.6. The number of carbonyl (C=O) groups excluding carboxylic acids is 1. The van der Waals surface area contributed by atoms with Gasteiger partial charge in [-0.2, -0.15) is 0 Å². The molecule has 2 aromatic rings. The van der Waals surface area contributed by atoms with E-state index in [1.807, 2.05) is 56.3 Å². The Labute approximate surface area is 149 Å². The molecule has 0 bridgehead atoms. The quantitative estimate of drug-likeness (QED) is 0.722. The van der Waals surface area contributed by atoms with E-state index in [9.17, 15) is 4.79 Å². The molecule has 0 unspecified atom stereocenters. The van der Waals surface area contributed by atoms with Crippen molar-refractivity contribution >= 4 is 23.0 Å². The largest absolute Gasteiger partial charge is 0.497 e. The van der Waals surface area contributed by atoms with Crippen molar-refractivity contribution < 1.29 is 14.3 Å². The van der Waals surface area contributed by atoms with Gasteiger partial charge in [-0.15, -0.1) is 0 Å². The number of nitrogens with one attached hydrogen (secondary N) is 2. The van der Waals surface area contributed by atoms with Gasteiger partial charge in [0.15, 0.2) is 0 Å². The lowest BCUT2D eigenvalue weighted by molar-refractivity contribution is -0.120. The summed E-state index contributed by atoms with van der Waals surface area (Å²) in [5.41, 5.74) is 2.55. The van der Waals surface area contributed by atoms with Gasteiger partial charge in [0.05, 0.1) is 19.9 Å². The van der Waals surface area contributed by atoms with Crippen LogP contribution in [0.5, 0.6) is 11.5 Å². The molecule has 0 radical (unpaired) electrons. The molecule has 134 valence electrons. The van der Waals surface area contributed by atoms with E-state index in [2.05, 4.69) is 10.6 Å². The van der Waals surface area contributed by atoms with Crippen LogP contribution in [0.2, 0.25) is 0 Å². The van der Waals surface area contributed by atoms with Crippen LogP contribution < -0.4 is 20.1 Å². The molecule has 0 spiro atoms. The summed E-state index contributed by atoms with van der Waals surface area (Å²) in [7, 11) is 3.24. The van der Waals surface area contributed by atoms with Gasteiger partial charge in [0.25, 0.3) is 0 Å². The van der Waals surface area contributed by atoms with E-state index < -0.39 is 0 Å². The second-order valence-electron chi connectivity index (χ2n) is 5.77. The van der Waals surface area contributed by atoms with Crippen LogP contribution in [-0.2, 0) is 4.79 Å². The zero-order chi connectivity index (χ0) is 18.2. The summed E-state index contributed by atoms with van der Waals surface area (Å²) in [6, 6.07) is 13.2. The van der Waals surface area contributed by atoms with Crippen LogP contribution in [-0.4, -0.2) is 20.1 Å². The summed E-state index contributed by atoms with van der Waals surface area (Å²) in [4.78, 5) is 12.1. The summed E-state index contributed by atoms with van der Waals surface area (Å²) >= 11 is 0. The normalized spacial score (nSPS) is 10.4. The van der Waals surface area contributed by atoms with E-state index in [1.165, 1.54) is 0 Å². The Morgan fingerprint density at radius 2 is 1.60 bits per heavy atom. The number of hydrogen-bond donors (Lipinski definition) is 2. The van der Waals surface area contributed by atoms with Crippen LogP contribution in [0.15, 0.2) is 42.5 Å². The Morgan fingerprint density at radius 1 is 0.960 bits per heavy atom. The molecule has 2 rings (SSSR count). The van der Waals surface area contributed by atoms with Gasteiger partial charge in [-0.25, -0.2) is 0 Å². The maximum atomic E-state index is 12.1. The Bertz CT molecular complexity index is 695. The molecule has 0 fully saturated rings. The second kappa shape index (κ2) is 8.97. The van der Waals surface area contributed by atoms with Gasteiger partial charge in [0.2, 0.25) is 5.91 Å². The first-order valence-electron chi connectivity index (χ1n) is 8.51. The molecule has 0 saturated carbocycles. The average Bonchev–Trinajstić information content (AvgIpc) is 2.64. The van der Waals surface area contributed by atoms with Crippen molar-refractivity contribution in [3.63, 3.8) is 0 Å². The molecule has 1 amide bonds. The van der Waals surface area contributed by atoms with Crippen LogP contribution >= 0.6 is 0 Å². The monoisotopic (exact) mass is 342 g/mol. The van der Waals surface area contributed by atoms with Crippen molar-refractivity contribution in [1.82, 2.24) is 0 Å². The summed E-state index contributed by atoms with van der Waals surface area (Å²) in [5, 5.41) is 6.27. The van der Waals surface area contributed by atoms with Crippen LogP contribution in [0.4, 0.5) is 17.1 Å². The Kier molecular flexibility index (Phi) is 6.69. The topological polar surface area (TPSA) is 59.6 Å². The minimum atomic E-state index is 0.0568. The summed E-state index contributed by atoms with van der Waals surface area (Å²) in [5.74, 6) is 1.57. The third-order valence-corrected chi connectivity index (χ3v) is 4.20. The molecule has 0 aliphatic carbocycles. The van der Waals surface area contributed by atoms with Crippen LogP contribution in [0.25, 0.3) is 0 Å². The number of benzene rings is 2. The Morgan fingerprint density at radius 3 is 2.16 bits per heavy atom. The lowest BCUT2D eigenvalue weighted by atomic mass is 10.0. The molecule has 5 heteroatoms. The maximum Gasteiger partial charge on any atom is 0.227 e. The molecular weight excluding hydrogens is 316 g/mol. The fourth-order valence-electron chi connectivity index (χ4n) is 2.60. The average molecular weight is 342 g/mol. The number of hydrogen-bond acceptors (Lipinski definition) is 4. The molecule has 0 heterocycles. The van der Waals surface area contributed by atoms with Crippen molar-refractivity contribution in [3.05, 3.63) is 42.5 Å². The molecular formula is C20H26N2O3. The van der Waals surface area contributed by atoms with Crippen LogP contribution in [0.3, 0.4) is 0 Å². The highest BCUT2D eigenvalue weighted by Crippen LogP contribution is 2.31. The number of ether oxygens (including phenoxy) is 2. The lowest BCUT2D eigenvalue weighted by Gasteiger charge is -2.14. The number of amides is 1. The van der Waals surface area contributed by atoms with Crippen molar-refractivity contribution in [2.75, 3.05) is 24.9 Å². The second-order valence-corrected chi connectivity index (χ2v) is 5.77. The molecule has 0 aromatic heterocycles. The van der Waals surface area contributed by atoms with Gasteiger partial charge in [-0.3, -0.25) is 4.79 Å². The van der Waals surface area contributed by atoms with Gasteiger partial charge in [-0.1, -0.05) is 13.8 Å². The molecule has 25 heavy (non-hydrogen) atoms. The predicted molar refractivity (Wildman–Crippen MR) is 102 cm³/mol. The first-order chi connectivity index (χ1) is 12.1. The smallest absolute Gasteiger partial charge is 0.227 e. The Hall–Kier alpha value is -2.69. The van der Waals surface area contributed by atoms with E-state index in [-0.39, 0.29) is 11.8 Å². The molecule has 0 aliphatic rings. The third-order valence-electron chi connectivity index (χ3n) is 4.20. The first kappa shape index (κ1) is 18.6. The van der Waals surface area contributed by atoms with E-state index in [0.29, 0.717) is 5.75 Å². The fraction of sp³-hybridized carbons (Fsp3) is 0.350. The zero-order valence-electron chi connectivity index (χ0n) is 15.3. The Balaban J connectivity index is 2.07. The van der Waals surface area contributed by atoms with E-state index in [1.54, 1.807) is 14.2 Å². The minimum Gasteiger partial charge on any atom is -0.497 e. The van der Waals surface area contributed by atoms with E-state index >= 15 is 0 Å². The first-order valence-corrected chi connectivity index (χ1v) is 8.51. The van der Waals surface area contributed by atoms with Crippen molar-refractivity contribution in [2.45, 2.75) is 26.7 Å². The van der Waals surface area contributed by atoms with Gasteiger partial charge in [0, 0.05) is 23.4 Å². The molecule has 0 aliphatic heterocycles. The maximum absolute atomic E-state index is 12.1. The highest BCUT2D eigenvalue weighted by Gasteiger charge is 2.14. The summed E-state index contributed by atoms with van der Waals surface area (Å²) in [6.07, 6.45) is 1.69. The van der Waals surface area contributed by atoms with Gasteiger partial charge in [-0.05, 0) is 49.2 Å². The van der Waals surface area contributed by atoms with Crippen LogP contribution in [0.1, 0.15) is 26.7 Å². The van der Waals surface area contributed by atoms with Gasteiger partial charge in [0.1, 0.15) is 11.5 Å². The van der Waals surface area contributed by atoms with Crippen molar-refractivity contribution in [1.29, 1.82) is 0 Å². The zero-order valence-corrected chi connectivity index (χ0v) is 15.3. The lowest BCUT2D eigenvalue weighted by Crippen LogP contribution is -2.21. The predicted octanol–water partition coefficient (Wildman–Crippen LogP) is 4.82. The van der Waals surface area contributed by atoms with Gasteiger partial charge < -0.3 is 20.1 Å². The SMILES string of the molecule is CCC(CC)C(=O)Nc1ccc(Nc2ccc(OC)cc2OC)cc1. The number of anilines is 3.